The van der Waals surface area contributed by atoms with E-state index in [1.165, 1.54) is 13.2 Å². The fourth-order valence-electron chi connectivity index (χ4n) is 3.39. The highest BCUT2D eigenvalue weighted by Crippen LogP contribution is 2.28. The number of ether oxygens (including phenoxy) is 1. The maximum absolute atomic E-state index is 13.9. The molecule has 1 aliphatic heterocycles. The molecule has 0 bridgehead atoms. The number of halogens is 1. The van der Waals surface area contributed by atoms with Gasteiger partial charge in [-0.1, -0.05) is 12.1 Å². The van der Waals surface area contributed by atoms with Gasteiger partial charge in [0, 0.05) is 38.1 Å². The first kappa shape index (κ1) is 20.0. The number of piperazine rings is 1. The molecule has 0 spiro atoms. The number of methoxy groups -OCH3 is 1. The lowest BCUT2D eigenvalue weighted by molar-refractivity contribution is -0.132. The van der Waals surface area contributed by atoms with Gasteiger partial charge in [0.15, 0.2) is 11.6 Å². The zero-order valence-electron chi connectivity index (χ0n) is 16.1. The third kappa shape index (κ3) is 4.83. The van der Waals surface area contributed by atoms with Crippen LogP contribution in [-0.2, 0) is 17.8 Å². The van der Waals surface area contributed by atoms with Crippen molar-refractivity contribution in [2.75, 3.05) is 33.3 Å². The molecule has 8 heteroatoms. The van der Waals surface area contributed by atoms with Crippen molar-refractivity contribution >= 4 is 28.6 Å². The number of carbonyl (C=O) groups is 1. The molecule has 1 aliphatic rings. The highest BCUT2D eigenvalue weighted by atomic mass is 32.1. The first-order valence-corrected chi connectivity index (χ1v) is 11.2. The normalized spacial score (nSPS) is 14.9. The van der Waals surface area contributed by atoms with Crippen LogP contribution in [0.5, 0.6) is 5.75 Å². The van der Waals surface area contributed by atoms with Crippen LogP contribution in [0.1, 0.15) is 11.3 Å². The number of aromatic nitrogens is 1. The Bertz CT molecular complexity index is 966. The Morgan fingerprint density at radius 2 is 2.03 bits per heavy atom. The average molecular weight is 432 g/mol. The second-order valence-corrected chi connectivity index (χ2v) is 8.73. The van der Waals surface area contributed by atoms with E-state index in [0.717, 1.165) is 34.2 Å². The summed E-state index contributed by atoms with van der Waals surface area (Å²) in [6.45, 7) is 3.58. The van der Waals surface area contributed by atoms with Gasteiger partial charge in [0.2, 0.25) is 5.91 Å². The van der Waals surface area contributed by atoms with E-state index in [-0.39, 0.29) is 17.5 Å². The number of rotatable bonds is 6. The second-order valence-electron chi connectivity index (χ2n) is 6.92. The summed E-state index contributed by atoms with van der Waals surface area (Å²) in [5.74, 6) is 0.0283. The monoisotopic (exact) mass is 431 g/mol. The fourth-order valence-corrected chi connectivity index (χ4v) is 5.02. The molecular weight excluding hydrogens is 409 g/mol. The number of thiazole rings is 1. The van der Waals surface area contributed by atoms with Gasteiger partial charge in [-0.05, 0) is 29.1 Å². The zero-order chi connectivity index (χ0) is 20.2. The smallest absolute Gasteiger partial charge is 0.228 e. The van der Waals surface area contributed by atoms with E-state index in [0.29, 0.717) is 26.1 Å². The third-order valence-corrected chi connectivity index (χ3v) is 6.89. The van der Waals surface area contributed by atoms with Crippen molar-refractivity contribution in [2.45, 2.75) is 13.0 Å². The number of hydrogen-bond donors (Lipinski definition) is 0. The summed E-state index contributed by atoms with van der Waals surface area (Å²) in [5.41, 5.74) is 1.74. The van der Waals surface area contributed by atoms with Crippen LogP contribution in [-0.4, -0.2) is 54.0 Å². The highest BCUT2D eigenvalue weighted by molar-refractivity contribution is 7.20. The maximum Gasteiger partial charge on any atom is 0.228 e. The average Bonchev–Trinajstić information content (AvgIpc) is 3.40. The summed E-state index contributed by atoms with van der Waals surface area (Å²) in [6, 6.07) is 9.11. The van der Waals surface area contributed by atoms with Crippen LogP contribution < -0.4 is 4.74 Å². The summed E-state index contributed by atoms with van der Waals surface area (Å²) >= 11 is 3.24. The van der Waals surface area contributed by atoms with Crippen LogP contribution in [0.25, 0.3) is 9.88 Å². The van der Waals surface area contributed by atoms with Crippen molar-refractivity contribution in [3.05, 3.63) is 58.2 Å². The van der Waals surface area contributed by atoms with E-state index in [1.54, 1.807) is 28.7 Å². The van der Waals surface area contributed by atoms with Crippen molar-refractivity contribution in [1.29, 1.82) is 0 Å². The number of amides is 1. The Kier molecular flexibility index (Phi) is 6.22. The van der Waals surface area contributed by atoms with E-state index in [1.807, 2.05) is 33.9 Å². The lowest BCUT2D eigenvalue weighted by Gasteiger charge is -2.34. The van der Waals surface area contributed by atoms with Crippen molar-refractivity contribution in [2.24, 2.45) is 0 Å². The predicted molar refractivity (Wildman–Crippen MR) is 114 cm³/mol. The van der Waals surface area contributed by atoms with Crippen LogP contribution in [0, 0.1) is 5.82 Å². The van der Waals surface area contributed by atoms with Crippen LogP contribution in [0.15, 0.2) is 41.1 Å². The number of thiophene rings is 1. The molecule has 0 saturated carbocycles. The van der Waals surface area contributed by atoms with Crippen LogP contribution in [0.4, 0.5) is 4.39 Å². The molecule has 1 amide bonds. The van der Waals surface area contributed by atoms with Gasteiger partial charge in [0.05, 0.1) is 24.1 Å². The minimum Gasteiger partial charge on any atom is -0.494 e. The van der Waals surface area contributed by atoms with Crippen LogP contribution in [0.2, 0.25) is 0 Å². The van der Waals surface area contributed by atoms with Gasteiger partial charge >= 0.3 is 0 Å². The van der Waals surface area contributed by atoms with Gasteiger partial charge in [-0.15, -0.1) is 22.7 Å². The van der Waals surface area contributed by atoms with Gasteiger partial charge in [0.25, 0.3) is 0 Å². The Morgan fingerprint density at radius 1 is 1.21 bits per heavy atom. The quantitative estimate of drug-likeness (QED) is 0.594. The largest absolute Gasteiger partial charge is 0.494 e. The molecule has 0 atom stereocenters. The van der Waals surface area contributed by atoms with Crippen molar-refractivity contribution < 1.29 is 13.9 Å². The first-order valence-electron chi connectivity index (χ1n) is 9.43. The molecule has 1 fully saturated rings. The van der Waals surface area contributed by atoms with E-state index < -0.39 is 0 Å². The Hall–Kier alpha value is -2.29. The van der Waals surface area contributed by atoms with Crippen molar-refractivity contribution in [3.63, 3.8) is 0 Å². The van der Waals surface area contributed by atoms with E-state index in [2.05, 4.69) is 9.88 Å². The van der Waals surface area contributed by atoms with Crippen LogP contribution >= 0.6 is 22.7 Å². The molecule has 2 aromatic heterocycles. The fraction of sp³-hybridized carbons (Fsp3) is 0.333. The lowest BCUT2D eigenvalue weighted by atomic mass is 10.1. The molecule has 1 saturated heterocycles. The topological polar surface area (TPSA) is 45.7 Å². The Labute approximate surface area is 177 Å². The third-order valence-electron chi connectivity index (χ3n) is 4.96. The molecule has 0 unspecified atom stereocenters. The molecule has 5 nitrogen and oxygen atoms in total. The molecule has 29 heavy (non-hydrogen) atoms. The maximum atomic E-state index is 13.9. The van der Waals surface area contributed by atoms with Gasteiger partial charge < -0.3 is 9.64 Å². The highest BCUT2D eigenvalue weighted by Gasteiger charge is 2.22. The second kappa shape index (κ2) is 9.02. The summed E-state index contributed by atoms with van der Waals surface area (Å²) < 4.78 is 18.8. The van der Waals surface area contributed by atoms with Crippen LogP contribution in [0.3, 0.4) is 0 Å². The van der Waals surface area contributed by atoms with Gasteiger partial charge in [-0.2, -0.15) is 0 Å². The molecule has 3 aromatic rings. The van der Waals surface area contributed by atoms with Crippen molar-refractivity contribution in [3.8, 4) is 15.6 Å². The molecule has 0 N–H and O–H groups in total. The minimum absolute atomic E-state index is 0.114. The number of benzene rings is 1. The number of hydrogen-bond acceptors (Lipinski definition) is 6. The zero-order valence-corrected chi connectivity index (χ0v) is 17.8. The standard InChI is InChI=1S/C21H22FN3O2S2/c1-27-18-5-4-15(11-17(18)22)13-24-6-8-25(9-7-24)20(26)12-16-14-29-21(23-16)19-3-2-10-28-19/h2-5,10-11,14H,6-9,12-13H2,1H3. The van der Waals surface area contributed by atoms with Gasteiger partial charge in [0.1, 0.15) is 5.01 Å². The first-order chi connectivity index (χ1) is 14.1. The Morgan fingerprint density at radius 3 is 2.72 bits per heavy atom. The number of nitrogens with zero attached hydrogens (tertiary/aromatic N) is 3. The molecule has 152 valence electrons. The summed E-state index contributed by atoms with van der Waals surface area (Å²) in [5, 5.41) is 4.97. The minimum atomic E-state index is -0.344. The summed E-state index contributed by atoms with van der Waals surface area (Å²) in [4.78, 5) is 22.5. The molecular formula is C21H22FN3O2S2. The van der Waals surface area contributed by atoms with Crippen molar-refractivity contribution in [1.82, 2.24) is 14.8 Å². The number of carbonyl (C=O) groups excluding carboxylic acids is 1. The summed E-state index contributed by atoms with van der Waals surface area (Å²) in [6.07, 6.45) is 0.339. The molecule has 3 heterocycles. The SMILES string of the molecule is COc1ccc(CN2CCN(C(=O)Cc3csc(-c4cccs4)n3)CC2)cc1F. The van der Waals surface area contributed by atoms with Gasteiger partial charge in [-0.25, -0.2) is 9.37 Å². The molecule has 0 radical (unpaired) electrons. The predicted octanol–water partition coefficient (Wildman–Crippen LogP) is 3.91. The molecule has 4 rings (SSSR count). The summed E-state index contributed by atoms with van der Waals surface area (Å²) in [7, 11) is 1.46. The van der Waals surface area contributed by atoms with E-state index >= 15 is 0 Å². The molecule has 0 aliphatic carbocycles. The van der Waals surface area contributed by atoms with Gasteiger partial charge in [-0.3, -0.25) is 9.69 Å². The van der Waals surface area contributed by atoms with E-state index in [9.17, 15) is 9.18 Å². The Balaban J connectivity index is 1.28. The lowest BCUT2D eigenvalue weighted by Crippen LogP contribution is -2.48. The molecule has 1 aromatic carbocycles. The van der Waals surface area contributed by atoms with E-state index in [4.69, 9.17) is 4.74 Å².